The molecule has 0 aliphatic carbocycles. The van der Waals surface area contributed by atoms with E-state index in [-0.39, 0.29) is 101 Å². The number of carboxylic acid groups (broad SMARTS) is 1. The summed E-state index contributed by atoms with van der Waals surface area (Å²) in [5.74, 6) is -14.1. The molecule has 0 radical (unpaired) electrons. The third-order valence-corrected chi connectivity index (χ3v) is 19.9. The highest BCUT2D eigenvalue weighted by Gasteiger charge is 2.41. The van der Waals surface area contributed by atoms with Gasteiger partial charge < -0.3 is 122 Å². The van der Waals surface area contributed by atoms with Crippen molar-refractivity contribution < 1.29 is 87.5 Å². The van der Waals surface area contributed by atoms with Crippen LogP contribution < -0.4 is 86.7 Å². The number of carbonyl (C=O) groups excluding carboxylic acids is 13. The van der Waals surface area contributed by atoms with Crippen LogP contribution in [0.1, 0.15) is 120 Å². The molecule has 632 valence electrons. The Morgan fingerprint density at radius 3 is 1.66 bits per heavy atom. The van der Waals surface area contributed by atoms with Gasteiger partial charge in [0.05, 0.1) is 26.1 Å². The summed E-state index contributed by atoms with van der Waals surface area (Å²) in [6, 6.07) is 1.88. The number of unbranched alkanes of at least 4 members (excludes halogenated alkanes) is 2. The topological polar surface area (TPSA) is 640 Å². The smallest absolute Gasteiger partial charge is 0.303 e. The first-order chi connectivity index (χ1) is 55.3. The average Bonchev–Trinajstić information content (AvgIpc) is 1.67. The molecule has 1 aliphatic rings. The number of hydrogen-bond acceptors (Lipinski definition) is 21. The van der Waals surface area contributed by atoms with E-state index in [0.29, 0.717) is 53.3 Å². The predicted octanol–water partition coefficient (Wildman–Crippen LogP) is -3.67. The quantitative estimate of drug-likeness (QED) is 0.00772. The molecule has 2 aromatic heterocycles. The standard InChI is InChI=1S/C76H108IN21O18/c1-4-5-13-51(90-73(114)59(39-100)96-71(112)55(92-65(106)49(79)38-99)32-43-20-24-47(101)25-21-43)67(108)91-53(26-27-62(103)104)69(110)95-58(34-46-36-83-40-87-46)72(113)93-56(31-42-18-22-45(77)23-19-42)70(111)89-52(16-10-29-84-76(81)82)68(109)94-57(33-44-35-85-50-14-7-6-12-48(44)50)66(107)86-37-61(102)88-54(15-8-9-28-78)75(116)98-30-11-17-60(98)74(115)97-63(41(2)3)64(80)105/h6-7,12,14,18-25,35-36,40-41,49,51-60,63,85,99-101H,4-5,8-11,13,15-17,26-34,37-39,78-79H2,1-3H3,(H2,80,105)(H,83,87)(H,86,107)(H,88,102)(H,89,111)(H,90,114)(H,91,108)(H,92,106)(H,93,113)(H,94,109)(H,95,110)(H,96,112)(H,97,115)(H,103,104)(H4,81,82,84)/t49-,51-,52-,53-,54-,55-,56+,57-,58-,59-,60-,63-/m0/s1. The Morgan fingerprint density at radius 1 is 0.595 bits per heavy atom. The van der Waals surface area contributed by atoms with Crippen molar-refractivity contribution in [2.45, 2.75) is 196 Å². The molecule has 5 aromatic rings. The van der Waals surface area contributed by atoms with Crippen LogP contribution in [0.4, 0.5) is 0 Å². The molecule has 0 unspecified atom stereocenters. The SMILES string of the molecule is CCCC[C@H](NC(=O)[C@H](CO)NC(=O)[C@H](Cc1ccc(O)cc1)NC(=O)[C@@H](N)CO)C(=O)N[C@@H](CCC(=O)O)C(=O)N[C@@H](Cc1cnc[nH]1)C(=O)N[C@H](Cc1ccc(I)cc1)C(=O)N[C@@H](CCCNC(=N)N)C(=O)N[C@@H](Cc1c[nH]c2ccccc12)C(=O)NCC(=O)N[C@@H](CCCCN)C(=O)N1CCC[C@H]1C(=O)N[C@H](C(N)=O)C(C)C. The minimum atomic E-state index is -1.79. The number of fused-ring (bicyclic) bond motifs is 1. The first-order valence-electron chi connectivity index (χ1n) is 38.2. The number of aromatic amines is 2. The van der Waals surface area contributed by atoms with Gasteiger partial charge in [-0.3, -0.25) is 72.5 Å². The number of aromatic hydroxyl groups is 1. The van der Waals surface area contributed by atoms with Gasteiger partial charge in [0.15, 0.2) is 5.96 Å². The number of imidazole rings is 1. The van der Waals surface area contributed by atoms with E-state index < -0.39 is 194 Å². The van der Waals surface area contributed by atoms with Crippen LogP contribution in [0.5, 0.6) is 5.75 Å². The number of amides is 13. The Morgan fingerprint density at radius 2 is 1.12 bits per heavy atom. The number of aromatic nitrogens is 3. The number of phenols is 1. The number of phenolic OH excluding ortho intramolecular Hbond substituents is 1. The zero-order valence-electron chi connectivity index (χ0n) is 64.8. The highest BCUT2D eigenvalue weighted by atomic mass is 127. The lowest BCUT2D eigenvalue weighted by molar-refractivity contribution is -0.142. The van der Waals surface area contributed by atoms with Gasteiger partial charge in [0.25, 0.3) is 0 Å². The summed E-state index contributed by atoms with van der Waals surface area (Å²) in [6.07, 6.45) is 3.91. The number of rotatable bonds is 49. The van der Waals surface area contributed by atoms with Crippen LogP contribution >= 0.6 is 22.6 Å². The summed E-state index contributed by atoms with van der Waals surface area (Å²) in [6.45, 7) is 3.02. The molecule has 12 atom stereocenters. The third-order valence-electron chi connectivity index (χ3n) is 19.2. The number of nitrogens with zero attached hydrogens (tertiary/aromatic N) is 2. The number of aliphatic hydroxyl groups excluding tert-OH is 2. The fourth-order valence-electron chi connectivity index (χ4n) is 12.8. The number of likely N-dealkylation sites (tertiary alicyclic amines) is 1. The molecule has 0 saturated carbocycles. The number of carboxylic acids is 1. The van der Waals surface area contributed by atoms with Gasteiger partial charge >= 0.3 is 5.97 Å². The molecule has 1 saturated heterocycles. The second-order valence-electron chi connectivity index (χ2n) is 28.5. The first-order valence-corrected chi connectivity index (χ1v) is 39.3. The molecule has 116 heavy (non-hydrogen) atoms. The molecule has 1 fully saturated rings. The summed E-state index contributed by atoms with van der Waals surface area (Å²) in [5, 5.41) is 79.3. The Labute approximate surface area is 682 Å². The molecule has 40 heteroatoms. The summed E-state index contributed by atoms with van der Waals surface area (Å²) in [5.41, 5.74) is 25.1. The maximum absolute atomic E-state index is 15.2. The zero-order chi connectivity index (χ0) is 85.1. The van der Waals surface area contributed by atoms with Crippen molar-refractivity contribution in [3.05, 3.63) is 117 Å². The molecule has 1 aliphatic heterocycles. The van der Waals surface area contributed by atoms with Gasteiger partial charge in [-0.25, -0.2) is 4.98 Å². The summed E-state index contributed by atoms with van der Waals surface area (Å²) < 4.78 is 0.793. The second-order valence-corrected chi connectivity index (χ2v) is 29.8. The number of carbonyl (C=O) groups is 14. The van der Waals surface area contributed by atoms with Crippen molar-refractivity contribution in [2.24, 2.45) is 28.9 Å². The second kappa shape index (κ2) is 47.5. The van der Waals surface area contributed by atoms with Crippen LogP contribution in [0.25, 0.3) is 10.9 Å². The largest absolute Gasteiger partial charge is 0.508 e. The van der Waals surface area contributed by atoms with Crippen molar-refractivity contribution in [3.8, 4) is 5.75 Å². The molecule has 0 bridgehead atoms. The van der Waals surface area contributed by atoms with Gasteiger partial charge in [-0.05, 0) is 140 Å². The molecular weight excluding hydrogens is 1620 g/mol. The number of primary amides is 1. The zero-order valence-corrected chi connectivity index (χ0v) is 67.0. The maximum Gasteiger partial charge on any atom is 0.303 e. The van der Waals surface area contributed by atoms with E-state index >= 15 is 14.4 Å². The number of hydrogen-bond donors (Lipinski definition) is 23. The Kier molecular flexibility index (Phi) is 38.3. The molecule has 6 rings (SSSR count). The summed E-state index contributed by atoms with van der Waals surface area (Å²) in [7, 11) is 0. The Bertz CT molecular complexity index is 4170. The minimum absolute atomic E-state index is 0.000323. The van der Waals surface area contributed by atoms with Crippen molar-refractivity contribution in [1.82, 2.24) is 83.7 Å². The van der Waals surface area contributed by atoms with Gasteiger partial charge in [-0.1, -0.05) is 76.1 Å². The molecule has 3 aromatic carbocycles. The minimum Gasteiger partial charge on any atom is -0.508 e. The van der Waals surface area contributed by atoms with E-state index in [1.165, 1.54) is 41.7 Å². The van der Waals surface area contributed by atoms with Crippen LogP contribution in [0, 0.1) is 14.9 Å². The molecular formula is C76H108IN21O18. The maximum atomic E-state index is 15.2. The van der Waals surface area contributed by atoms with Crippen LogP contribution in [-0.4, -0.2) is 241 Å². The van der Waals surface area contributed by atoms with Gasteiger partial charge in [0.1, 0.15) is 78.3 Å². The number of nitrogens with two attached hydrogens (primary N) is 4. The number of H-pyrrole nitrogens is 2. The molecule has 3 heterocycles. The summed E-state index contributed by atoms with van der Waals surface area (Å²) >= 11 is 2.07. The number of para-hydroxylation sites is 1. The lowest BCUT2D eigenvalue weighted by Gasteiger charge is -2.30. The third kappa shape index (κ3) is 30.1. The van der Waals surface area contributed by atoms with Crippen molar-refractivity contribution in [1.29, 1.82) is 5.41 Å². The predicted molar refractivity (Wildman–Crippen MR) is 431 cm³/mol. The number of aliphatic carboxylic acids is 1. The Balaban J connectivity index is 1.26. The van der Waals surface area contributed by atoms with Crippen LogP contribution in [-0.2, 0) is 92.8 Å². The van der Waals surface area contributed by atoms with Crippen molar-refractivity contribution >= 4 is 122 Å². The normalized spacial score (nSPS) is 15.4. The number of aliphatic hydroxyl groups is 2. The highest BCUT2D eigenvalue weighted by molar-refractivity contribution is 14.1. The van der Waals surface area contributed by atoms with E-state index in [9.17, 15) is 73.2 Å². The monoisotopic (exact) mass is 1730 g/mol. The van der Waals surface area contributed by atoms with Crippen LogP contribution in [0.3, 0.4) is 0 Å². The number of benzene rings is 3. The van der Waals surface area contributed by atoms with E-state index in [0.717, 1.165) is 3.57 Å². The lowest BCUT2D eigenvalue weighted by atomic mass is 10.0. The van der Waals surface area contributed by atoms with Crippen LogP contribution in [0.15, 0.2) is 91.5 Å². The number of nitrogens with one attached hydrogen (secondary N) is 15. The molecule has 0 spiro atoms. The van der Waals surface area contributed by atoms with E-state index in [1.54, 1.807) is 75.5 Å². The number of guanidine groups is 1. The Hall–Kier alpha value is -11.4. The highest BCUT2D eigenvalue weighted by Crippen LogP contribution is 2.23. The molecule has 13 amide bonds. The van der Waals surface area contributed by atoms with E-state index in [4.69, 9.17) is 28.3 Å². The van der Waals surface area contributed by atoms with Gasteiger partial charge in [0.2, 0.25) is 76.8 Å². The van der Waals surface area contributed by atoms with Crippen molar-refractivity contribution in [2.75, 3.05) is 39.4 Å². The first kappa shape index (κ1) is 93.5. The fraction of sp³-hybridized carbons (Fsp3) is 0.500. The van der Waals surface area contributed by atoms with E-state index in [2.05, 4.69) is 101 Å². The fourth-order valence-corrected chi connectivity index (χ4v) is 13.1. The van der Waals surface area contributed by atoms with E-state index in [1.807, 2.05) is 0 Å². The lowest BCUT2D eigenvalue weighted by Crippen LogP contribution is -2.61. The van der Waals surface area contributed by atoms with Gasteiger partial charge in [-0.15, -0.1) is 0 Å². The van der Waals surface area contributed by atoms with Crippen molar-refractivity contribution in [3.63, 3.8) is 0 Å². The summed E-state index contributed by atoms with van der Waals surface area (Å²) in [4.78, 5) is 208. The van der Waals surface area contributed by atoms with Gasteiger partial charge in [-0.2, -0.15) is 0 Å². The average molecular weight is 1730 g/mol. The molecule has 39 nitrogen and oxygen atoms in total. The number of halogens is 1. The molecule has 27 N–H and O–H groups in total. The van der Waals surface area contributed by atoms with Gasteiger partial charge in [0, 0.05) is 77.8 Å². The van der Waals surface area contributed by atoms with Crippen LogP contribution in [0.2, 0.25) is 0 Å².